The van der Waals surface area contributed by atoms with Gasteiger partial charge in [0.25, 0.3) is 0 Å². The first-order chi connectivity index (χ1) is 9.06. The largest absolute Gasteiger partial charge is 0.309 e. The van der Waals surface area contributed by atoms with E-state index in [4.69, 9.17) is 11.6 Å². The van der Waals surface area contributed by atoms with Crippen LogP contribution in [0, 0.1) is 13.8 Å². The molecule has 1 heterocycles. The van der Waals surface area contributed by atoms with Crippen molar-refractivity contribution in [3.05, 3.63) is 59.3 Å². The maximum Gasteiger partial charge on any atom is 0.248 e. The van der Waals surface area contributed by atoms with Crippen molar-refractivity contribution in [2.45, 2.75) is 19.2 Å². The van der Waals surface area contributed by atoms with Gasteiger partial charge in [0.05, 0.1) is 0 Å². The highest BCUT2D eigenvalue weighted by molar-refractivity contribution is 6.32. The van der Waals surface area contributed by atoms with Crippen molar-refractivity contribution in [3.8, 4) is 0 Å². The Morgan fingerprint density at radius 3 is 2.53 bits per heavy atom. The Labute approximate surface area is 117 Å². The van der Waals surface area contributed by atoms with E-state index in [9.17, 15) is 4.79 Å². The molecule has 0 saturated carbocycles. The molecule has 0 aliphatic carbocycles. The van der Waals surface area contributed by atoms with E-state index in [1.807, 2.05) is 56.3 Å². The van der Waals surface area contributed by atoms with Gasteiger partial charge in [-0.25, -0.2) is 4.98 Å². The van der Waals surface area contributed by atoms with Gasteiger partial charge in [-0.1, -0.05) is 30.3 Å². The fraction of sp³-hybridized carbons (Fsp3) is 0.200. The Balaban J connectivity index is 2.13. The fourth-order valence-electron chi connectivity index (χ4n) is 1.87. The van der Waals surface area contributed by atoms with Crippen LogP contribution in [0.5, 0.6) is 0 Å². The molecule has 1 atom stereocenters. The van der Waals surface area contributed by atoms with Crippen LogP contribution in [0.4, 0.5) is 5.82 Å². The predicted molar refractivity (Wildman–Crippen MR) is 77.4 cm³/mol. The number of aryl methyl sites for hydroxylation is 2. The van der Waals surface area contributed by atoms with Crippen LogP contribution in [0.15, 0.2) is 42.5 Å². The normalized spacial score (nSPS) is 11.9. The molecule has 0 saturated heterocycles. The van der Waals surface area contributed by atoms with E-state index in [1.165, 1.54) is 0 Å². The molecule has 0 aliphatic rings. The number of hydrogen-bond acceptors (Lipinski definition) is 2. The standard InChI is InChI=1S/C15H15ClN2O/c1-10-8-11(2)17-13(9-10)18-15(19)14(16)12-6-4-3-5-7-12/h3-9,14H,1-2H3,(H,17,18,19). The molecule has 1 N–H and O–H groups in total. The number of alkyl halides is 1. The number of carbonyl (C=O) groups is 1. The Morgan fingerprint density at radius 1 is 1.21 bits per heavy atom. The summed E-state index contributed by atoms with van der Waals surface area (Å²) in [7, 11) is 0. The van der Waals surface area contributed by atoms with Crippen LogP contribution in [0.1, 0.15) is 22.2 Å². The molecule has 0 spiro atoms. The topological polar surface area (TPSA) is 42.0 Å². The number of halogens is 1. The molecule has 0 aliphatic heterocycles. The zero-order valence-electron chi connectivity index (χ0n) is 10.9. The molecule has 2 aromatic rings. The summed E-state index contributed by atoms with van der Waals surface area (Å²) in [5.74, 6) is 0.259. The number of hydrogen-bond donors (Lipinski definition) is 1. The van der Waals surface area contributed by atoms with Gasteiger partial charge < -0.3 is 5.32 Å². The number of aromatic nitrogens is 1. The lowest BCUT2D eigenvalue weighted by Gasteiger charge is -2.11. The number of amides is 1. The van der Waals surface area contributed by atoms with Crippen molar-refractivity contribution in [2.75, 3.05) is 5.32 Å². The van der Waals surface area contributed by atoms with Gasteiger partial charge in [0, 0.05) is 5.69 Å². The zero-order chi connectivity index (χ0) is 13.8. The summed E-state index contributed by atoms with van der Waals surface area (Å²) < 4.78 is 0. The summed E-state index contributed by atoms with van der Waals surface area (Å²) in [5, 5.41) is 2.02. The number of anilines is 1. The minimum atomic E-state index is -0.719. The highest BCUT2D eigenvalue weighted by Gasteiger charge is 2.17. The summed E-state index contributed by atoms with van der Waals surface area (Å²) in [6.45, 7) is 3.84. The van der Waals surface area contributed by atoms with Gasteiger partial charge in [0.15, 0.2) is 0 Å². The highest BCUT2D eigenvalue weighted by atomic mass is 35.5. The predicted octanol–water partition coefficient (Wildman–Crippen LogP) is 3.62. The van der Waals surface area contributed by atoms with Crippen molar-refractivity contribution >= 4 is 23.3 Å². The Hall–Kier alpha value is -1.87. The lowest BCUT2D eigenvalue weighted by Crippen LogP contribution is -2.18. The molecule has 0 fully saturated rings. The third-order valence-corrected chi connectivity index (χ3v) is 3.12. The van der Waals surface area contributed by atoms with Gasteiger partial charge in [0.2, 0.25) is 5.91 Å². The van der Waals surface area contributed by atoms with Crippen molar-refractivity contribution in [1.82, 2.24) is 4.98 Å². The summed E-state index contributed by atoms with van der Waals surface area (Å²) in [6.07, 6.45) is 0. The summed E-state index contributed by atoms with van der Waals surface area (Å²) in [6, 6.07) is 13.0. The van der Waals surface area contributed by atoms with Gasteiger partial charge in [-0.15, -0.1) is 11.6 Å². The van der Waals surface area contributed by atoms with Gasteiger partial charge in [-0.05, 0) is 37.1 Å². The molecule has 1 amide bonds. The van der Waals surface area contributed by atoms with Crippen LogP contribution < -0.4 is 5.32 Å². The van der Waals surface area contributed by atoms with Crippen LogP contribution in [0.25, 0.3) is 0 Å². The number of carbonyl (C=O) groups excluding carboxylic acids is 1. The van der Waals surface area contributed by atoms with Crippen molar-refractivity contribution in [1.29, 1.82) is 0 Å². The smallest absolute Gasteiger partial charge is 0.248 e. The second-order valence-corrected chi connectivity index (χ2v) is 4.87. The molecule has 98 valence electrons. The Bertz CT molecular complexity index is 564. The zero-order valence-corrected chi connectivity index (χ0v) is 11.6. The average molecular weight is 275 g/mol. The van der Waals surface area contributed by atoms with Crippen molar-refractivity contribution < 1.29 is 4.79 Å². The fourth-order valence-corrected chi connectivity index (χ4v) is 2.07. The van der Waals surface area contributed by atoms with E-state index in [-0.39, 0.29) is 5.91 Å². The van der Waals surface area contributed by atoms with Crippen molar-refractivity contribution in [3.63, 3.8) is 0 Å². The molecule has 19 heavy (non-hydrogen) atoms. The summed E-state index contributed by atoms with van der Waals surface area (Å²) >= 11 is 6.15. The van der Waals surface area contributed by atoms with E-state index in [2.05, 4.69) is 10.3 Å². The quantitative estimate of drug-likeness (QED) is 0.869. The number of nitrogens with zero attached hydrogens (tertiary/aromatic N) is 1. The number of pyridine rings is 1. The third-order valence-electron chi connectivity index (χ3n) is 2.67. The minimum Gasteiger partial charge on any atom is -0.309 e. The monoisotopic (exact) mass is 274 g/mol. The Kier molecular flexibility index (Phi) is 4.17. The Morgan fingerprint density at radius 2 is 1.89 bits per heavy atom. The second kappa shape index (κ2) is 5.85. The van der Waals surface area contributed by atoms with Crippen LogP contribution in [-0.2, 0) is 4.79 Å². The molecule has 0 bridgehead atoms. The van der Waals surface area contributed by atoms with Gasteiger partial charge >= 0.3 is 0 Å². The maximum absolute atomic E-state index is 12.1. The lowest BCUT2D eigenvalue weighted by atomic mass is 10.1. The molecule has 1 aromatic heterocycles. The van der Waals surface area contributed by atoms with Gasteiger partial charge in [-0.3, -0.25) is 4.79 Å². The van der Waals surface area contributed by atoms with E-state index >= 15 is 0 Å². The first kappa shape index (κ1) is 13.6. The number of rotatable bonds is 3. The van der Waals surface area contributed by atoms with Crippen LogP contribution in [0.3, 0.4) is 0 Å². The van der Waals surface area contributed by atoms with E-state index in [0.29, 0.717) is 5.82 Å². The second-order valence-electron chi connectivity index (χ2n) is 4.43. The molecule has 3 nitrogen and oxygen atoms in total. The maximum atomic E-state index is 12.1. The van der Waals surface area contributed by atoms with E-state index in [0.717, 1.165) is 16.8 Å². The van der Waals surface area contributed by atoms with Crippen molar-refractivity contribution in [2.24, 2.45) is 0 Å². The van der Waals surface area contributed by atoms with Crippen LogP contribution in [-0.4, -0.2) is 10.9 Å². The first-order valence-electron chi connectivity index (χ1n) is 6.01. The summed E-state index contributed by atoms with van der Waals surface area (Å²) in [4.78, 5) is 16.3. The third kappa shape index (κ3) is 3.55. The first-order valence-corrected chi connectivity index (χ1v) is 6.45. The summed E-state index contributed by atoms with van der Waals surface area (Å²) in [5.41, 5.74) is 2.68. The molecular formula is C15H15ClN2O. The molecule has 0 radical (unpaired) electrons. The minimum absolute atomic E-state index is 0.273. The SMILES string of the molecule is Cc1cc(C)nc(NC(=O)C(Cl)c2ccccc2)c1. The van der Waals surface area contributed by atoms with Gasteiger partial charge in [-0.2, -0.15) is 0 Å². The molecule has 2 rings (SSSR count). The molecule has 1 aromatic carbocycles. The number of benzene rings is 1. The molecule has 1 unspecified atom stereocenters. The average Bonchev–Trinajstić information content (AvgIpc) is 2.37. The van der Waals surface area contributed by atoms with Crippen LogP contribution >= 0.6 is 11.6 Å². The molecule has 4 heteroatoms. The number of nitrogens with one attached hydrogen (secondary N) is 1. The van der Waals surface area contributed by atoms with Crippen LogP contribution in [0.2, 0.25) is 0 Å². The van der Waals surface area contributed by atoms with Gasteiger partial charge in [0.1, 0.15) is 11.2 Å². The van der Waals surface area contributed by atoms with E-state index in [1.54, 1.807) is 0 Å². The van der Waals surface area contributed by atoms with E-state index < -0.39 is 5.38 Å². The highest BCUT2D eigenvalue weighted by Crippen LogP contribution is 2.22. The molecular weight excluding hydrogens is 260 g/mol. The lowest BCUT2D eigenvalue weighted by molar-refractivity contribution is -0.116.